The average Bonchev–Trinajstić information content (AvgIpc) is 2.54. The fraction of sp³-hybridized carbons (Fsp3) is 0.118. The summed E-state index contributed by atoms with van der Waals surface area (Å²) in [7, 11) is 0. The molecule has 3 aromatic rings. The van der Waals surface area contributed by atoms with Crippen molar-refractivity contribution >= 4 is 34.1 Å². The van der Waals surface area contributed by atoms with Crippen molar-refractivity contribution in [1.82, 2.24) is 9.55 Å². The van der Waals surface area contributed by atoms with E-state index >= 15 is 0 Å². The third kappa shape index (κ3) is 3.10. The number of benzene rings is 2. The Kier molecular flexibility index (Phi) is 4.12. The van der Waals surface area contributed by atoms with Crippen LogP contribution in [0.15, 0.2) is 53.6 Å². The predicted molar refractivity (Wildman–Crippen MR) is 90.8 cm³/mol. The molecule has 0 bridgehead atoms. The van der Waals surface area contributed by atoms with Gasteiger partial charge in [0.2, 0.25) is 5.91 Å². The largest absolute Gasteiger partial charge is 0.323 e. The lowest BCUT2D eigenvalue weighted by Gasteiger charge is -2.11. The van der Waals surface area contributed by atoms with Gasteiger partial charge < -0.3 is 5.32 Å². The Morgan fingerprint density at radius 1 is 1.22 bits per heavy atom. The Bertz CT molecular complexity index is 930. The van der Waals surface area contributed by atoms with Crippen molar-refractivity contribution in [2.45, 2.75) is 13.5 Å². The molecule has 23 heavy (non-hydrogen) atoms. The average molecular weight is 328 g/mol. The quantitative estimate of drug-likeness (QED) is 0.804. The molecule has 5 nitrogen and oxygen atoms in total. The maximum atomic E-state index is 12.4. The van der Waals surface area contributed by atoms with Gasteiger partial charge in [-0.1, -0.05) is 35.9 Å². The maximum Gasteiger partial charge on any atom is 0.261 e. The van der Waals surface area contributed by atoms with Crippen LogP contribution in [-0.4, -0.2) is 15.5 Å². The van der Waals surface area contributed by atoms with Crippen LogP contribution in [0.25, 0.3) is 10.9 Å². The number of nitrogens with one attached hydrogen (secondary N) is 1. The van der Waals surface area contributed by atoms with Crippen LogP contribution in [0.3, 0.4) is 0 Å². The highest BCUT2D eigenvalue weighted by molar-refractivity contribution is 6.33. The zero-order chi connectivity index (χ0) is 16.4. The van der Waals surface area contributed by atoms with Crippen molar-refractivity contribution in [2.75, 3.05) is 5.32 Å². The second-order valence-electron chi connectivity index (χ2n) is 5.17. The third-order valence-corrected chi connectivity index (χ3v) is 3.85. The molecule has 0 aliphatic rings. The SMILES string of the molecule is Cc1cccc(Cl)c1NC(=O)Cn1cnc2ccccc2c1=O. The number of para-hydroxylation sites is 2. The van der Waals surface area contributed by atoms with Gasteiger partial charge in [0.1, 0.15) is 6.54 Å². The molecule has 0 saturated carbocycles. The van der Waals surface area contributed by atoms with E-state index in [2.05, 4.69) is 10.3 Å². The summed E-state index contributed by atoms with van der Waals surface area (Å²) in [5, 5.41) is 3.69. The summed E-state index contributed by atoms with van der Waals surface area (Å²) in [6, 6.07) is 12.4. The third-order valence-electron chi connectivity index (χ3n) is 3.53. The monoisotopic (exact) mass is 327 g/mol. The number of halogens is 1. The van der Waals surface area contributed by atoms with Gasteiger partial charge in [0.15, 0.2) is 0 Å². The molecular weight excluding hydrogens is 314 g/mol. The standard InChI is InChI=1S/C17H14ClN3O2/c1-11-5-4-7-13(18)16(11)20-15(22)9-21-10-19-14-8-3-2-6-12(14)17(21)23/h2-8,10H,9H2,1H3,(H,20,22). The highest BCUT2D eigenvalue weighted by Gasteiger charge is 2.11. The van der Waals surface area contributed by atoms with Crippen LogP contribution in [-0.2, 0) is 11.3 Å². The minimum Gasteiger partial charge on any atom is -0.323 e. The fourth-order valence-electron chi connectivity index (χ4n) is 2.34. The lowest BCUT2D eigenvalue weighted by molar-refractivity contribution is -0.116. The lowest BCUT2D eigenvalue weighted by atomic mass is 10.2. The molecule has 0 spiro atoms. The Morgan fingerprint density at radius 2 is 2.00 bits per heavy atom. The molecule has 0 unspecified atom stereocenters. The molecule has 1 amide bonds. The highest BCUT2D eigenvalue weighted by Crippen LogP contribution is 2.25. The number of nitrogens with zero attached hydrogens (tertiary/aromatic N) is 2. The van der Waals surface area contributed by atoms with Crippen LogP contribution in [0, 0.1) is 6.92 Å². The van der Waals surface area contributed by atoms with E-state index in [-0.39, 0.29) is 18.0 Å². The summed E-state index contributed by atoms with van der Waals surface area (Å²) in [6.45, 7) is 1.73. The van der Waals surface area contributed by atoms with Crippen LogP contribution in [0.4, 0.5) is 5.69 Å². The molecule has 0 atom stereocenters. The number of aryl methyl sites for hydroxylation is 1. The molecule has 0 aliphatic heterocycles. The Morgan fingerprint density at radius 3 is 2.78 bits per heavy atom. The van der Waals surface area contributed by atoms with E-state index in [0.29, 0.717) is 21.6 Å². The van der Waals surface area contributed by atoms with E-state index in [1.165, 1.54) is 10.9 Å². The van der Waals surface area contributed by atoms with Gasteiger partial charge in [-0.25, -0.2) is 4.98 Å². The molecule has 1 heterocycles. The molecule has 0 radical (unpaired) electrons. The summed E-state index contributed by atoms with van der Waals surface area (Å²) >= 11 is 6.09. The fourth-order valence-corrected chi connectivity index (χ4v) is 2.61. The number of aromatic nitrogens is 2. The van der Waals surface area contributed by atoms with E-state index in [9.17, 15) is 9.59 Å². The molecule has 2 aromatic carbocycles. The predicted octanol–water partition coefficient (Wildman–Crippen LogP) is 3.00. The molecule has 0 saturated heterocycles. The van der Waals surface area contributed by atoms with Gasteiger partial charge in [-0.05, 0) is 30.7 Å². The number of anilines is 1. The molecule has 0 aliphatic carbocycles. The number of carbonyl (C=O) groups excluding carboxylic acids is 1. The van der Waals surface area contributed by atoms with Crippen LogP contribution >= 0.6 is 11.6 Å². The summed E-state index contributed by atoms with van der Waals surface area (Å²) in [6.07, 6.45) is 1.38. The smallest absolute Gasteiger partial charge is 0.261 e. The number of amides is 1. The zero-order valence-electron chi connectivity index (χ0n) is 12.4. The van der Waals surface area contributed by atoms with E-state index in [1.54, 1.807) is 24.3 Å². The van der Waals surface area contributed by atoms with E-state index in [1.807, 2.05) is 25.1 Å². The first kappa shape index (κ1) is 15.2. The molecule has 1 N–H and O–H groups in total. The number of carbonyl (C=O) groups is 1. The summed E-state index contributed by atoms with van der Waals surface area (Å²) in [4.78, 5) is 28.8. The molecule has 116 valence electrons. The first-order valence-electron chi connectivity index (χ1n) is 7.05. The first-order chi connectivity index (χ1) is 11.1. The van der Waals surface area contributed by atoms with Gasteiger partial charge >= 0.3 is 0 Å². The topological polar surface area (TPSA) is 64.0 Å². The maximum absolute atomic E-state index is 12.4. The highest BCUT2D eigenvalue weighted by atomic mass is 35.5. The first-order valence-corrected chi connectivity index (χ1v) is 7.43. The van der Waals surface area contributed by atoms with Gasteiger partial charge in [-0.3, -0.25) is 14.2 Å². The number of hydrogen-bond acceptors (Lipinski definition) is 3. The minimum atomic E-state index is -0.333. The summed E-state index contributed by atoms with van der Waals surface area (Å²) in [5.74, 6) is -0.333. The molecule has 1 aromatic heterocycles. The van der Waals surface area contributed by atoms with E-state index in [0.717, 1.165) is 5.56 Å². The van der Waals surface area contributed by atoms with Gasteiger partial charge in [0.05, 0.1) is 27.9 Å². The van der Waals surface area contributed by atoms with Gasteiger partial charge in [-0.2, -0.15) is 0 Å². The van der Waals surface area contributed by atoms with E-state index in [4.69, 9.17) is 11.6 Å². The molecular formula is C17H14ClN3O2. The number of rotatable bonds is 3. The lowest BCUT2D eigenvalue weighted by Crippen LogP contribution is -2.28. The van der Waals surface area contributed by atoms with Gasteiger partial charge in [-0.15, -0.1) is 0 Å². The van der Waals surface area contributed by atoms with Crippen molar-refractivity contribution in [2.24, 2.45) is 0 Å². The second kappa shape index (κ2) is 6.22. The van der Waals surface area contributed by atoms with Crippen molar-refractivity contribution in [3.8, 4) is 0 Å². The Balaban J connectivity index is 1.86. The molecule has 3 rings (SSSR count). The molecule has 6 heteroatoms. The van der Waals surface area contributed by atoms with Crippen molar-refractivity contribution < 1.29 is 4.79 Å². The Labute approximate surface area is 137 Å². The number of hydrogen-bond donors (Lipinski definition) is 1. The molecule has 0 fully saturated rings. The second-order valence-corrected chi connectivity index (χ2v) is 5.58. The summed E-state index contributed by atoms with van der Waals surface area (Å²) < 4.78 is 1.28. The van der Waals surface area contributed by atoms with E-state index < -0.39 is 0 Å². The number of fused-ring (bicyclic) bond motifs is 1. The van der Waals surface area contributed by atoms with Gasteiger partial charge in [0, 0.05) is 0 Å². The normalized spacial score (nSPS) is 10.7. The Hall–Kier alpha value is -2.66. The van der Waals surface area contributed by atoms with Crippen LogP contribution in [0.2, 0.25) is 5.02 Å². The van der Waals surface area contributed by atoms with Crippen molar-refractivity contribution in [3.63, 3.8) is 0 Å². The summed E-state index contributed by atoms with van der Waals surface area (Å²) in [5.41, 5.74) is 1.77. The van der Waals surface area contributed by atoms with Crippen LogP contribution < -0.4 is 10.9 Å². The van der Waals surface area contributed by atoms with Crippen molar-refractivity contribution in [3.05, 3.63) is 69.7 Å². The van der Waals surface area contributed by atoms with Crippen LogP contribution in [0.5, 0.6) is 0 Å². The van der Waals surface area contributed by atoms with Crippen molar-refractivity contribution in [1.29, 1.82) is 0 Å². The zero-order valence-corrected chi connectivity index (χ0v) is 13.2. The minimum absolute atomic E-state index is 0.124. The van der Waals surface area contributed by atoms with Gasteiger partial charge in [0.25, 0.3) is 5.56 Å². The van der Waals surface area contributed by atoms with Crippen LogP contribution in [0.1, 0.15) is 5.56 Å².